The second kappa shape index (κ2) is 9.09. The Morgan fingerprint density at radius 3 is 2.00 bits per heavy atom. The average molecular weight is 525 g/mol. The lowest BCUT2D eigenvalue weighted by atomic mass is 10.0. The summed E-state index contributed by atoms with van der Waals surface area (Å²) in [7, 11) is 0. The van der Waals surface area contributed by atoms with Gasteiger partial charge in [-0.05, 0) is 42.3 Å². The number of hydrogen-bond acceptors (Lipinski definition) is 1. The zero-order valence-corrected chi connectivity index (χ0v) is 17.8. The minimum atomic E-state index is -4.51. The normalized spacial score (nSPS) is 11.7. The standard InChI is InChI=1S/C22H13BrF8O/c1-2-3-13-14(23)9-16(25)19(20(13)28)22(30,31)32-11-4-5-12(15(24)8-11)10-6-17(26)21(29)18(27)7-10/h4-9H,2-3H2,1H3. The highest BCUT2D eigenvalue weighted by Gasteiger charge is 2.42. The van der Waals surface area contributed by atoms with E-state index in [0.29, 0.717) is 30.7 Å². The number of hydrogen-bond donors (Lipinski definition) is 0. The van der Waals surface area contributed by atoms with E-state index in [1.54, 1.807) is 6.92 Å². The minimum Gasteiger partial charge on any atom is -0.429 e. The lowest BCUT2D eigenvalue weighted by molar-refractivity contribution is -0.189. The summed E-state index contributed by atoms with van der Waals surface area (Å²) in [5.41, 5.74) is -2.65. The Labute approximate surface area is 185 Å². The van der Waals surface area contributed by atoms with Crippen LogP contribution in [0.15, 0.2) is 40.9 Å². The monoisotopic (exact) mass is 524 g/mol. The third-order valence-electron chi connectivity index (χ3n) is 4.54. The Bertz CT molecular complexity index is 1160. The molecular weight excluding hydrogens is 512 g/mol. The Hall–Kier alpha value is -2.62. The summed E-state index contributed by atoms with van der Waals surface area (Å²) in [4.78, 5) is 0. The van der Waals surface area contributed by atoms with Crippen LogP contribution in [0.5, 0.6) is 5.75 Å². The van der Waals surface area contributed by atoms with Gasteiger partial charge < -0.3 is 4.74 Å². The first-order chi connectivity index (χ1) is 15.0. The molecule has 0 radical (unpaired) electrons. The maximum atomic E-state index is 14.6. The molecule has 0 heterocycles. The molecule has 0 saturated heterocycles. The fraction of sp³-hybridized carbons (Fsp3) is 0.182. The zero-order chi connectivity index (χ0) is 23.8. The molecule has 0 aliphatic heterocycles. The smallest absolute Gasteiger partial charge is 0.429 e. The number of ether oxygens (including phenoxy) is 1. The molecule has 0 saturated carbocycles. The van der Waals surface area contributed by atoms with Gasteiger partial charge in [0.2, 0.25) is 0 Å². The van der Waals surface area contributed by atoms with Crippen molar-refractivity contribution in [2.24, 2.45) is 0 Å². The van der Waals surface area contributed by atoms with Crippen LogP contribution < -0.4 is 4.74 Å². The highest BCUT2D eigenvalue weighted by Crippen LogP contribution is 2.39. The molecule has 0 spiro atoms. The Balaban J connectivity index is 1.98. The molecule has 1 nitrogen and oxygen atoms in total. The highest BCUT2D eigenvalue weighted by molar-refractivity contribution is 9.10. The van der Waals surface area contributed by atoms with Crippen molar-refractivity contribution in [3.8, 4) is 16.9 Å². The van der Waals surface area contributed by atoms with Gasteiger partial charge in [0.15, 0.2) is 17.5 Å². The van der Waals surface area contributed by atoms with Crippen LogP contribution >= 0.6 is 15.9 Å². The van der Waals surface area contributed by atoms with E-state index in [4.69, 9.17) is 0 Å². The van der Waals surface area contributed by atoms with Crippen molar-refractivity contribution in [1.82, 2.24) is 0 Å². The van der Waals surface area contributed by atoms with E-state index < -0.39 is 63.5 Å². The van der Waals surface area contributed by atoms with Crippen molar-refractivity contribution in [3.05, 3.63) is 86.9 Å². The van der Waals surface area contributed by atoms with E-state index in [-0.39, 0.29) is 16.5 Å². The molecular formula is C22H13BrF8O. The van der Waals surface area contributed by atoms with E-state index in [0.717, 1.165) is 12.1 Å². The average Bonchev–Trinajstić information content (AvgIpc) is 2.68. The lowest BCUT2D eigenvalue weighted by Crippen LogP contribution is -2.26. The van der Waals surface area contributed by atoms with E-state index in [2.05, 4.69) is 20.7 Å². The van der Waals surface area contributed by atoms with Crippen LogP contribution in [0.25, 0.3) is 11.1 Å². The first-order valence-corrected chi connectivity index (χ1v) is 9.93. The van der Waals surface area contributed by atoms with Gasteiger partial charge in [0.25, 0.3) is 0 Å². The Morgan fingerprint density at radius 2 is 1.44 bits per heavy atom. The van der Waals surface area contributed by atoms with E-state index in [9.17, 15) is 35.1 Å². The topological polar surface area (TPSA) is 9.23 Å². The Kier molecular flexibility index (Phi) is 6.83. The number of halogens is 9. The van der Waals surface area contributed by atoms with E-state index in [1.165, 1.54) is 0 Å². The second-order valence-corrected chi connectivity index (χ2v) is 7.63. The molecule has 170 valence electrons. The van der Waals surface area contributed by atoms with Crippen molar-refractivity contribution in [2.75, 3.05) is 0 Å². The molecule has 0 aliphatic rings. The van der Waals surface area contributed by atoms with Crippen molar-refractivity contribution in [1.29, 1.82) is 0 Å². The molecule has 3 aromatic carbocycles. The predicted molar refractivity (Wildman–Crippen MR) is 104 cm³/mol. The molecule has 0 fully saturated rings. The molecule has 0 atom stereocenters. The molecule has 32 heavy (non-hydrogen) atoms. The molecule has 3 rings (SSSR count). The summed E-state index contributed by atoms with van der Waals surface area (Å²) in [6.45, 7) is 1.67. The summed E-state index contributed by atoms with van der Waals surface area (Å²) in [5, 5.41) is 0. The van der Waals surface area contributed by atoms with Gasteiger partial charge >= 0.3 is 6.11 Å². The SMILES string of the molecule is CCCc1c(Br)cc(F)c(C(F)(F)Oc2ccc(-c3cc(F)c(F)c(F)c3)c(F)c2)c1F. The summed E-state index contributed by atoms with van der Waals surface area (Å²) < 4.78 is 117. The van der Waals surface area contributed by atoms with Crippen LogP contribution in [0.2, 0.25) is 0 Å². The van der Waals surface area contributed by atoms with Gasteiger partial charge in [0.1, 0.15) is 28.8 Å². The van der Waals surface area contributed by atoms with Crippen molar-refractivity contribution < 1.29 is 39.9 Å². The van der Waals surface area contributed by atoms with Crippen molar-refractivity contribution in [2.45, 2.75) is 25.9 Å². The molecule has 0 bridgehead atoms. The summed E-state index contributed by atoms with van der Waals surface area (Å²) in [5.74, 6) is -10.0. The van der Waals surface area contributed by atoms with Gasteiger partial charge in [-0.3, -0.25) is 0 Å². The van der Waals surface area contributed by atoms with Gasteiger partial charge in [0.05, 0.1) is 0 Å². The van der Waals surface area contributed by atoms with Gasteiger partial charge in [-0.25, -0.2) is 26.3 Å². The zero-order valence-electron chi connectivity index (χ0n) is 16.2. The summed E-state index contributed by atoms with van der Waals surface area (Å²) in [6.07, 6.45) is -4.08. The second-order valence-electron chi connectivity index (χ2n) is 6.77. The van der Waals surface area contributed by atoms with Crippen molar-refractivity contribution >= 4 is 15.9 Å². The molecule has 0 N–H and O–H groups in total. The van der Waals surface area contributed by atoms with Gasteiger partial charge in [-0.1, -0.05) is 29.3 Å². The first kappa shape index (κ1) is 24.0. The molecule has 3 aromatic rings. The van der Waals surface area contributed by atoms with Crippen LogP contribution in [-0.2, 0) is 12.5 Å². The molecule has 0 aliphatic carbocycles. The minimum absolute atomic E-state index is 0.0249. The molecule has 0 aromatic heterocycles. The molecule has 10 heteroatoms. The predicted octanol–water partition coefficient (Wildman–Crippen LogP) is 8.03. The summed E-state index contributed by atoms with van der Waals surface area (Å²) >= 11 is 2.93. The maximum Gasteiger partial charge on any atom is 0.432 e. The van der Waals surface area contributed by atoms with Crippen LogP contribution in [0, 0.1) is 34.9 Å². The number of benzene rings is 3. The van der Waals surface area contributed by atoms with Crippen LogP contribution in [0.1, 0.15) is 24.5 Å². The van der Waals surface area contributed by atoms with E-state index in [1.807, 2.05) is 0 Å². The third kappa shape index (κ3) is 4.60. The van der Waals surface area contributed by atoms with Gasteiger partial charge in [0, 0.05) is 21.7 Å². The third-order valence-corrected chi connectivity index (χ3v) is 5.24. The fourth-order valence-electron chi connectivity index (χ4n) is 3.08. The molecule has 0 amide bonds. The van der Waals surface area contributed by atoms with Crippen LogP contribution in [-0.4, -0.2) is 0 Å². The number of alkyl halides is 2. The largest absolute Gasteiger partial charge is 0.432 e. The molecule has 0 unspecified atom stereocenters. The van der Waals surface area contributed by atoms with Gasteiger partial charge in [-0.2, -0.15) is 8.78 Å². The quantitative estimate of drug-likeness (QED) is 0.234. The highest BCUT2D eigenvalue weighted by atomic mass is 79.9. The van der Waals surface area contributed by atoms with Crippen LogP contribution in [0.3, 0.4) is 0 Å². The van der Waals surface area contributed by atoms with E-state index >= 15 is 0 Å². The van der Waals surface area contributed by atoms with Crippen LogP contribution in [0.4, 0.5) is 35.1 Å². The Morgan fingerprint density at radius 1 is 0.812 bits per heavy atom. The first-order valence-electron chi connectivity index (χ1n) is 9.14. The number of rotatable bonds is 6. The fourth-order valence-corrected chi connectivity index (χ4v) is 3.65. The van der Waals surface area contributed by atoms with Crippen molar-refractivity contribution in [3.63, 3.8) is 0 Å². The summed E-state index contributed by atoms with van der Waals surface area (Å²) in [6, 6.07) is 3.84. The van der Waals surface area contributed by atoms with Gasteiger partial charge in [-0.15, -0.1) is 0 Å². The maximum absolute atomic E-state index is 14.6. The lowest BCUT2D eigenvalue weighted by Gasteiger charge is -2.21.